The topological polar surface area (TPSA) is 61.1 Å². The summed E-state index contributed by atoms with van der Waals surface area (Å²) < 4.78 is 5.33. The van der Waals surface area contributed by atoms with Crippen LogP contribution in [0, 0.1) is 0 Å². The highest BCUT2D eigenvalue weighted by molar-refractivity contribution is 7.80. The van der Waals surface area contributed by atoms with Gasteiger partial charge in [0.05, 0.1) is 7.11 Å². The Bertz CT molecular complexity index is 1120. The van der Waals surface area contributed by atoms with Gasteiger partial charge < -0.3 is 25.7 Å². The van der Waals surface area contributed by atoms with Crippen LogP contribution < -0.4 is 20.7 Å². The molecular weight excluding hydrogens is 392 g/mol. The lowest BCUT2D eigenvalue weighted by molar-refractivity contribution is 0.415. The van der Waals surface area contributed by atoms with Crippen LogP contribution >= 0.6 is 12.2 Å². The van der Waals surface area contributed by atoms with Gasteiger partial charge >= 0.3 is 0 Å². The Balaban J connectivity index is 1.28. The molecule has 0 radical (unpaired) electrons. The highest BCUT2D eigenvalue weighted by atomic mass is 32.1. The maximum Gasteiger partial charge on any atom is 0.170 e. The molecule has 0 unspecified atom stereocenters. The lowest BCUT2D eigenvalue weighted by Gasteiger charge is -2.12. The van der Waals surface area contributed by atoms with E-state index in [0.29, 0.717) is 5.11 Å². The van der Waals surface area contributed by atoms with Crippen molar-refractivity contribution in [3.63, 3.8) is 0 Å². The highest BCUT2D eigenvalue weighted by Gasteiger charge is 2.06. The number of hydrogen-bond donors (Lipinski definition) is 4. The summed E-state index contributed by atoms with van der Waals surface area (Å²) in [6.07, 6.45) is 2.90. The van der Waals surface area contributed by atoms with Crippen LogP contribution in [0.5, 0.6) is 5.75 Å². The number of aromatic nitrogens is 1. The van der Waals surface area contributed by atoms with Crippen LogP contribution in [0.4, 0.5) is 17.1 Å². The predicted octanol–water partition coefficient (Wildman–Crippen LogP) is 5.45. The summed E-state index contributed by atoms with van der Waals surface area (Å²) in [5.41, 5.74) is 5.37. The van der Waals surface area contributed by atoms with Gasteiger partial charge in [0, 0.05) is 40.7 Å². The predicted molar refractivity (Wildman–Crippen MR) is 129 cm³/mol. The number of para-hydroxylation sites is 1. The molecule has 1 heterocycles. The van der Waals surface area contributed by atoms with Gasteiger partial charge in [-0.3, -0.25) is 0 Å². The van der Waals surface area contributed by atoms with E-state index in [1.54, 1.807) is 7.11 Å². The fraction of sp³-hybridized carbons (Fsp3) is 0.125. The molecule has 0 atom stereocenters. The summed E-state index contributed by atoms with van der Waals surface area (Å²) in [4.78, 5) is 3.30. The minimum atomic E-state index is 0.608. The van der Waals surface area contributed by atoms with Gasteiger partial charge in [-0.05, 0) is 78.8 Å². The van der Waals surface area contributed by atoms with Gasteiger partial charge in [-0.1, -0.05) is 18.2 Å². The summed E-state index contributed by atoms with van der Waals surface area (Å²) in [6, 6.07) is 24.2. The van der Waals surface area contributed by atoms with Crippen molar-refractivity contribution in [2.45, 2.75) is 6.42 Å². The standard InChI is InChI=1S/C24H24N4OS/c1-29-21-11-12-23-22(15-21)17(16-26-23)13-14-25-24(30)28-20-9-7-19(8-10-20)27-18-5-3-2-4-6-18/h2-12,15-16,26-27H,13-14H2,1H3,(H2,25,28,30). The Morgan fingerprint density at radius 2 is 1.67 bits per heavy atom. The number of anilines is 3. The number of nitrogens with one attached hydrogen (secondary N) is 4. The van der Waals surface area contributed by atoms with E-state index in [1.807, 2.05) is 72.9 Å². The third kappa shape index (κ3) is 4.90. The van der Waals surface area contributed by atoms with E-state index in [2.05, 4.69) is 27.0 Å². The first-order chi connectivity index (χ1) is 14.7. The van der Waals surface area contributed by atoms with Crippen molar-refractivity contribution >= 4 is 45.3 Å². The third-order valence-corrected chi connectivity index (χ3v) is 5.11. The van der Waals surface area contributed by atoms with Gasteiger partial charge in [0.1, 0.15) is 5.75 Å². The monoisotopic (exact) mass is 416 g/mol. The normalized spacial score (nSPS) is 10.6. The van der Waals surface area contributed by atoms with E-state index >= 15 is 0 Å². The van der Waals surface area contributed by atoms with Crippen LogP contribution in [0.15, 0.2) is 79.0 Å². The first kappa shape index (κ1) is 19.8. The van der Waals surface area contributed by atoms with Crippen molar-refractivity contribution in [3.8, 4) is 5.75 Å². The summed E-state index contributed by atoms with van der Waals surface area (Å²) in [5, 5.41) is 11.7. The van der Waals surface area contributed by atoms with Crippen molar-refractivity contribution in [2.75, 3.05) is 24.3 Å². The summed E-state index contributed by atoms with van der Waals surface area (Å²) in [5.74, 6) is 0.860. The van der Waals surface area contributed by atoms with Gasteiger partial charge in [-0.15, -0.1) is 0 Å². The maximum absolute atomic E-state index is 5.44. The van der Waals surface area contributed by atoms with E-state index in [1.165, 1.54) is 10.9 Å². The van der Waals surface area contributed by atoms with Crippen LogP contribution in [0.3, 0.4) is 0 Å². The average Bonchev–Trinajstić information content (AvgIpc) is 3.18. The molecule has 5 nitrogen and oxygen atoms in total. The molecule has 0 aliphatic heterocycles. The van der Waals surface area contributed by atoms with E-state index in [9.17, 15) is 0 Å². The molecule has 0 spiro atoms. The number of thiocarbonyl (C=S) groups is 1. The van der Waals surface area contributed by atoms with Crippen LogP contribution in [0.2, 0.25) is 0 Å². The molecule has 4 N–H and O–H groups in total. The largest absolute Gasteiger partial charge is 0.497 e. The van der Waals surface area contributed by atoms with Crippen molar-refractivity contribution in [3.05, 3.63) is 84.6 Å². The molecule has 0 fully saturated rings. The molecule has 0 amide bonds. The SMILES string of the molecule is COc1ccc2[nH]cc(CCNC(=S)Nc3ccc(Nc4ccccc4)cc3)c2c1. The molecular formula is C24H24N4OS. The summed E-state index contributed by atoms with van der Waals surface area (Å²) >= 11 is 5.44. The zero-order valence-electron chi connectivity index (χ0n) is 16.7. The Kier molecular flexibility index (Phi) is 6.15. The highest BCUT2D eigenvalue weighted by Crippen LogP contribution is 2.24. The minimum absolute atomic E-state index is 0.608. The van der Waals surface area contributed by atoms with E-state index in [-0.39, 0.29) is 0 Å². The minimum Gasteiger partial charge on any atom is -0.497 e. The van der Waals surface area contributed by atoms with Crippen LogP contribution in [0.25, 0.3) is 10.9 Å². The molecule has 0 aliphatic rings. The average molecular weight is 417 g/mol. The number of rotatable bonds is 7. The fourth-order valence-corrected chi connectivity index (χ4v) is 3.52. The second kappa shape index (κ2) is 9.33. The van der Waals surface area contributed by atoms with Gasteiger partial charge in [0.25, 0.3) is 0 Å². The van der Waals surface area contributed by atoms with E-state index in [4.69, 9.17) is 17.0 Å². The van der Waals surface area contributed by atoms with Crippen LogP contribution in [-0.4, -0.2) is 23.8 Å². The van der Waals surface area contributed by atoms with Crippen molar-refractivity contribution in [1.29, 1.82) is 0 Å². The molecule has 0 bridgehead atoms. The number of aromatic amines is 1. The number of benzene rings is 3. The maximum atomic E-state index is 5.44. The quantitative estimate of drug-likeness (QED) is 0.302. The molecule has 152 valence electrons. The van der Waals surface area contributed by atoms with Crippen LogP contribution in [-0.2, 0) is 6.42 Å². The zero-order valence-corrected chi connectivity index (χ0v) is 17.6. The van der Waals surface area contributed by atoms with Gasteiger partial charge in [-0.25, -0.2) is 0 Å². The Morgan fingerprint density at radius 1 is 0.933 bits per heavy atom. The smallest absolute Gasteiger partial charge is 0.170 e. The molecule has 3 aromatic carbocycles. The first-order valence-electron chi connectivity index (χ1n) is 9.82. The lowest BCUT2D eigenvalue weighted by Crippen LogP contribution is -2.30. The second-order valence-electron chi connectivity index (χ2n) is 6.92. The lowest BCUT2D eigenvalue weighted by atomic mass is 10.1. The van der Waals surface area contributed by atoms with Gasteiger partial charge in [0.2, 0.25) is 0 Å². The van der Waals surface area contributed by atoms with Crippen molar-refractivity contribution in [2.24, 2.45) is 0 Å². The number of H-pyrrole nitrogens is 1. The molecule has 4 aromatic rings. The molecule has 4 rings (SSSR count). The Labute approximate surface area is 181 Å². The van der Waals surface area contributed by atoms with Gasteiger partial charge in [0.15, 0.2) is 5.11 Å². The Hall–Kier alpha value is -3.51. The van der Waals surface area contributed by atoms with Crippen LogP contribution in [0.1, 0.15) is 5.56 Å². The molecule has 1 aromatic heterocycles. The molecule has 30 heavy (non-hydrogen) atoms. The van der Waals surface area contributed by atoms with Crippen molar-refractivity contribution in [1.82, 2.24) is 10.3 Å². The van der Waals surface area contributed by atoms with E-state index in [0.717, 1.165) is 41.3 Å². The summed E-state index contributed by atoms with van der Waals surface area (Å²) in [6.45, 7) is 0.740. The number of methoxy groups -OCH3 is 1. The fourth-order valence-electron chi connectivity index (χ4n) is 3.30. The number of ether oxygens (including phenoxy) is 1. The zero-order chi connectivity index (χ0) is 20.8. The third-order valence-electron chi connectivity index (χ3n) is 4.86. The molecule has 6 heteroatoms. The first-order valence-corrected chi connectivity index (χ1v) is 10.2. The van der Waals surface area contributed by atoms with Crippen molar-refractivity contribution < 1.29 is 4.74 Å². The molecule has 0 saturated heterocycles. The Morgan fingerprint density at radius 3 is 2.43 bits per heavy atom. The number of hydrogen-bond acceptors (Lipinski definition) is 3. The van der Waals surface area contributed by atoms with E-state index < -0.39 is 0 Å². The summed E-state index contributed by atoms with van der Waals surface area (Å²) in [7, 11) is 1.68. The number of fused-ring (bicyclic) bond motifs is 1. The molecule has 0 aliphatic carbocycles. The molecule has 0 saturated carbocycles. The second-order valence-corrected chi connectivity index (χ2v) is 7.33. The van der Waals surface area contributed by atoms with Gasteiger partial charge in [-0.2, -0.15) is 0 Å².